The summed E-state index contributed by atoms with van der Waals surface area (Å²) in [5.41, 5.74) is 0.956. The van der Waals surface area contributed by atoms with E-state index in [0.717, 1.165) is 51.1 Å². The maximum Gasteiger partial charge on any atom is 0.303 e. The molecule has 0 aliphatic carbocycles. The van der Waals surface area contributed by atoms with Gasteiger partial charge in [0.2, 0.25) is 0 Å². The van der Waals surface area contributed by atoms with Crippen LogP contribution in [0.1, 0.15) is 37.8 Å². The van der Waals surface area contributed by atoms with Gasteiger partial charge in [-0.15, -0.1) is 5.10 Å². The van der Waals surface area contributed by atoms with Crippen LogP contribution >= 0.6 is 0 Å². The van der Waals surface area contributed by atoms with E-state index in [9.17, 15) is 4.79 Å². The van der Waals surface area contributed by atoms with E-state index in [2.05, 4.69) is 10.3 Å². The molecule has 106 valence electrons. The molecule has 2 heterocycles. The number of aromatic nitrogens is 3. The molecule has 0 spiro atoms. The molecule has 0 aromatic carbocycles. The van der Waals surface area contributed by atoms with Gasteiger partial charge in [0, 0.05) is 32.4 Å². The number of carboxylic acids is 1. The van der Waals surface area contributed by atoms with Crippen molar-refractivity contribution in [1.82, 2.24) is 15.0 Å². The number of hydrogen-bond donors (Lipinski definition) is 1. The van der Waals surface area contributed by atoms with E-state index >= 15 is 0 Å². The smallest absolute Gasteiger partial charge is 0.303 e. The summed E-state index contributed by atoms with van der Waals surface area (Å²) in [4.78, 5) is 10.4. The van der Waals surface area contributed by atoms with Gasteiger partial charge in [-0.05, 0) is 38.0 Å². The summed E-state index contributed by atoms with van der Waals surface area (Å²) >= 11 is 0. The van der Waals surface area contributed by atoms with Crippen LogP contribution in [0, 0.1) is 5.92 Å². The van der Waals surface area contributed by atoms with Crippen LogP contribution in [0.25, 0.3) is 0 Å². The highest BCUT2D eigenvalue weighted by atomic mass is 16.5. The Labute approximate surface area is 112 Å². The lowest BCUT2D eigenvalue weighted by Crippen LogP contribution is -2.20. The van der Waals surface area contributed by atoms with E-state index in [4.69, 9.17) is 9.84 Å². The average molecular weight is 267 g/mol. The molecule has 1 aliphatic rings. The summed E-state index contributed by atoms with van der Waals surface area (Å²) in [6.07, 6.45) is 6.75. The van der Waals surface area contributed by atoms with Crippen LogP contribution in [0.3, 0.4) is 0 Å². The largest absolute Gasteiger partial charge is 0.481 e. The molecule has 1 aromatic heterocycles. The number of ether oxygens (including phenoxy) is 1. The highest BCUT2D eigenvalue weighted by Crippen LogP contribution is 2.16. The first-order chi connectivity index (χ1) is 9.24. The first-order valence-corrected chi connectivity index (χ1v) is 6.92. The third kappa shape index (κ3) is 4.98. The fourth-order valence-electron chi connectivity index (χ4n) is 2.32. The maximum atomic E-state index is 10.4. The molecular formula is C13H21N3O3. The zero-order chi connectivity index (χ0) is 13.5. The lowest BCUT2D eigenvalue weighted by atomic mass is 10.0. The van der Waals surface area contributed by atoms with Gasteiger partial charge in [0.05, 0.1) is 5.69 Å². The van der Waals surface area contributed by atoms with Crippen LogP contribution in [0.15, 0.2) is 6.20 Å². The summed E-state index contributed by atoms with van der Waals surface area (Å²) in [7, 11) is 0. The molecule has 0 atom stereocenters. The lowest BCUT2D eigenvalue weighted by Gasteiger charge is -2.21. The molecule has 6 heteroatoms. The van der Waals surface area contributed by atoms with Crippen LogP contribution in [0.5, 0.6) is 0 Å². The molecule has 0 radical (unpaired) electrons. The predicted molar refractivity (Wildman–Crippen MR) is 68.8 cm³/mol. The molecule has 6 nitrogen and oxygen atoms in total. The molecule has 1 saturated heterocycles. The molecule has 0 unspecified atom stereocenters. The number of unbranched alkanes of at least 4 members (excludes halogenated alkanes) is 1. The van der Waals surface area contributed by atoms with E-state index in [1.165, 1.54) is 0 Å². The van der Waals surface area contributed by atoms with Crippen molar-refractivity contribution in [3.8, 4) is 0 Å². The van der Waals surface area contributed by atoms with Gasteiger partial charge in [0.25, 0.3) is 0 Å². The van der Waals surface area contributed by atoms with Gasteiger partial charge in [-0.3, -0.25) is 9.48 Å². The second-order valence-electron chi connectivity index (χ2n) is 5.09. The van der Waals surface area contributed by atoms with Crippen molar-refractivity contribution in [2.45, 2.75) is 45.1 Å². The van der Waals surface area contributed by atoms with E-state index in [-0.39, 0.29) is 6.42 Å². The van der Waals surface area contributed by atoms with Crippen molar-refractivity contribution >= 4 is 5.97 Å². The SMILES string of the molecule is O=C(O)CCCCc1cn(CC2CCOCC2)nn1. The summed E-state index contributed by atoms with van der Waals surface area (Å²) in [5, 5.41) is 16.8. The number of carboxylic acid groups (broad SMARTS) is 1. The molecular weight excluding hydrogens is 246 g/mol. The third-order valence-electron chi connectivity index (χ3n) is 3.45. The molecule has 0 bridgehead atoms. The van der Waals surface area contributed by atoms with Gasteiger partial charge in [-0.2, -0.15) is 0 Å². The molecule has 1 aromatic rings. The Bertz CT molecular complexity index is 400. The first kappa shape index (κ1) is 14.0. The Morgan fingerprint density at radius 3 is 2.95 bits per heavy atom. The number of aryl methyl sites for hydroxylation is 1. The maximum absolute atomic E-state index is 10.4. The topological polar surface area (TPSA) is 77.2 Å². The monoisotopic (exact) mass is 267 g/mol. The summed E-state index contributed by atoms with van der Waals surface area (Å²) < 4.78 is 7.24. The Kier molecular flexibility index (Phi) is 5.32. The van der Waals surface area contributed by atoms with Gasteiger partial charge in [0.1, 0.15) is 0 Å². The van der Waals surface area contributed by atoms with Gasteiger partial charge < -0.3 is 9.84 Å². The van der Waals surface area contributed by atoms with E-state index in [1.54, 1.807) is 0 Å². The first-order valence-electron chi connectivity index (χ1n) is 6.92. The zero-order valence-electron chi connectivity index (χ0n) is 11.1. The molecule has 1 N–H and O–H groups in total. The molecule has 2 rings (SSSR count). The minimum Gasteiger partial charge on any atom is -0.481 e. The van der Waals surface area contributed by atoms with Crippen LogP contribution in [0.4, 0.5) is 0 Å². The Hall–Kier alpha value is -1.43. The fourth-order valence-corrected chi connectivity index (χ4v) is 2.32. The number of aliphatic carboxylic acids is 1. The van der Waals surface area contributed by atoms with Gasteiger partial charge >= 0.3 is 5.97 Å². The minimum atomic E-state index is -0.733. The highest BCUT2D eigenvalue weighted by molar-refractivity contribution is 5.66. The van der Waals surface area contributed by atoms with Crippen molar-refractivity contribution in [2.24, 2.45) is 5.92 Å². The summed E-state index contributed by atoms with van der Waals surface area (Å²) in [6, 6.07) is 0. The van der Waals surface area contributed by atoms with E-state index < -0.39 is 5.97 Å². The highest BCUT2D eigenvalue weighted by Gasteiger charge is 2.15. The van der Waals surface area contributed by atoms with Crippen LogP contribution in [-0.2, 0) is 22.5 Å². The summed E-state index contributed by atoms with van der Waals surface area (Å²) in [6.45, 7) is 2.61. The number of rotatable bonds is 7. The van der Waals surface area contributed by atoms with E-state index in [1.807, 2.05) is 10.9 Å². The van der Waals surface area contributed by atoms with Crippen molar-refractivity contribution in [3.05, 3.63) is 11.9 Å². The number of nitrogens with zero attached hydrogens (tertiary/aromatic N) is 3. The molecule has 0 saturated carbocycles. The average Bonchev–Trinajstić information content (AvgIpc) is 2.83. The lowest BCUT2D eigenvalue weighted by molar-refractivity contribution is -0.137. The minimum absolute atomic E-state index is 0.232. The second-order valence-corrected chi connectivity index (χ2v) is 5.09. The second kappa shape index (κ2) is 7.23. The Morgan fingerprint density at radius 1 is 1.42 bits per heavy atom. The standard InChI is InChI=1S/C13H21N3O3/c17-13(18)4-2-1-3-12-10-16(15-14-12)9-11-5-7-19-8-6-11/h10-11H,1-9H2,(H,17,18). The van der Waals surface area contributed by atoms with Gasteiger partial charge in [-0.25, -0.2) is 0 Å². The molecule has 1 fully saturated rings. The molecule has 1 aliphatic heterocycles. The normalized spacial score (nSPS) is 16.6. The van der Waals surface area contributed by atoms with Crippen LogP contribution < -0.4 is 0 Å². The van der Waals surface area contributed by atoms with Gasteiger partial charge in [0.15, 0.2) is 0 Å². The molecule has 0 amide bonds. The Balaban J connectivity index is 1.70. The number of carbonyl (C=O) groups is 1. The molecule has 19 heavy (non-hydrogen) atoms. The number of hydrogen-bond acceptors (Lipinski definition) is 4. The van der Waals surface area contributed by atoms with E-state index in [0.29, 0.717) is 12.3 Å². The summed E-state index contributed by atoms with van der Waals surface area (Å²) in [5.74, 6) is -0.0986. The predicted octanol–water partition coefficient (Wildman–Crippen LogP) is 1.50. The van der Waals surface area contributed by atoms with Crippen molar-refractivity contribution < 1.29 is 14.6 Å². The van der Waals surface area contributed by atoms with Gasteiger partial charge in [-0.1, -0.05) is 5.21 Å². The van der Waals surface area contributed by atoms with Crippen molar-refractivity contribution in [1.29, 1.82) is 0 Å². The quantitative estimate of drug-likeness (QED) is 0.758. The van der Waals surface area contributed by atoms with Crippen LogP contribution in [0.2, 0.25) is 0 Å². The van der Waals surface area contributed by atoms with Crippen LogP contribution in [-0.4, -0.2) is 39.3 Å². The zero-order valence-corrected chi connectivity index (χ0v) is 11.1. The Morgan fingerprint density at radius 2 is 2.21 bits per heavy atom. The van der Waals surface area contributed by atoms with Crippen molar-refractivity contribution in [3.63, 3.8) is 0 Å². The van der Waals surface area contributed by atoms with Crippen molar-refractivity contribution in [2.75, 3.05) is 13.2 Å². The third-order valence-corrected chi connectivity index (χ3v) is 3.45. The fraction of sp³-hybridized carbons (Fsp3) is 0.769.